The highest BCUT2D eigenvalue weighted by Crippen LogP contribution is 2.12. The Balaban J connectivity index is 0.000000138. The molecule has 0 aliphatic heterocycles. The minimum atomic E-state index is -0.509. The van der Waals surface area contributed by atoms with E-state index in [-0.39, 0.29) is 5.13 Å². The average Bonchev–Trinajstić information content (AvgIpc) is 2.94. The number of nitrogens with zero attached hydrogens (tertiary/aromatic N) is 4. The summed E-state index contributed by atoms with van der Waals surface area (Å²) in [6.07, 6.45) is 4.77. The van der Waals surface area contributed by atoms with Crippen LogP contribution in [-0.2, 0) is 0 Å². The largest absolute Gasteiger partial charge is 0.423 e. The van der Waals surface area contributed by atoms with E-state index in [0.717, 1.165) is 22.2 Å². The molecule has 0 bridgehead atoms. The lowest BCUT2D eigenvalue weighted by Crippen LogP contribution is -1.83. The van der Waals surface area contributed by atoms with Gasteiger partial charge < -0.3 is 10.1 Å². The van der Waals surface area contributed by atoms with E-state index in [0.29, 0.717) is 0 Å². The molecular formula is C11H8N4O2S. The Morgan fingerprint density at radius 3 is 2.67 bits per heavy atom. The summed E-state index contributed by atoms with van der Waals surface area (Å²) in [6, 6.07) is 7.91. The molecule has 0 saturated heterocycles. The molecular weight excluding hydrogens is 252 g/mol. The van der Waals surface area contributed by atoms with Crippen molar-refractivity contribution >= 4 is 27.4 Å². The first kappa shape index (κ1) is 12.1. The van der Waals surface area contributed by atoms with Crippen LogP contribution in [0.2, 0.25) is 0 Å². The van der Waals surface area contributed by atoms with Crippen LogP contribution in [0.5, 0.6) is 0 Å². The van der Waals surface area contributed by atoms with Crippen LogP contribution in [0.4, 0.5) is 5.13 Å². The Hall–Kier alpha value is -2.41. The summed E-state index contributed by atoms with van der Waals surface area (Å²) >= 11 is 1.02. The third-order valence-electron chi connectivity index (χ3n) is 1.99. The smallest absolute Gasteiger partial charge is 0.357 e. The van der Waals surface area contributed by atoms with E-state index in [4.69, 9.17) is 0 Å². The Morgan fingerprint density at radius 1 is 1.22 bits per heavy atom. The van der Waals surface area contributed by atoms with E-state index in [2.05, 4.69) is 15.0 Å². The predicted molar refractivity (Wildman–Crippen MR) is 68.3 cm³/mol. The minimum Gasteiger partial charge on any atom is -0.357 e. The van der Waals surface area contributed by atoms with E-state index in [1.165, 1.54) is 6.20 Å². The van der Waals surface area contributed by atoms with Crippen LogP contribution in [-0.4, -0.2) is 19.9 Å². The fourth-order valence-electron chi connectivity index (χ4n) is 1.23. The molecule has 2 heterocycles. The van der Waals surface area contributed by atoms with Gasteiger partial charge in [0.05, 0.1) is 5.52 Å². The average molecular weight is 260 g/mol. The summed E-state index contributed by atoms with van der Waals surface area (Å²) in [5, 5.41) is 12.4. The van der Waals surface area contributed by atoms with Crippen molar-refractivity contribution in [1.29, 1.82) is 0 Å². The van der Waals surface area contributed by atoms with Crippen molar-refractivity contribution in [1.82, 2.24) is 15.0 Å². The maximum atomic E-state index is 9.82. The quantitative estimate of drug-likeness (QED) is 0.496. The second kappa shape index (κ2) is 5.78. The van der Waals surface area contributed by atoms with E-state index >= 15 is 0 Å². The number of nitro groups is 1. The molecule has 18 heavy (non-hydrogen) atoms. The molecule has 1 aromatic carbocycles. The standard InChI is InChI=1S/C8H6N2.C3H2N2O2S/c1-2-4-8-7(3-1)5-9-6-10-8;6-5(7)3-4-1-2-8-3/h1-6H;1-2H. The number of rotatable bonds is 1. The Kier molecular flexibility index (Phi) is 3.87. The van der Waals surface area contributed by atoms with Gasteiger partial charge in [0.1, 0.15) is 6.33 Å². The van der Waals surface area contributed by atoms with Crippen LogP contribution in [0, 0.1) is 10.1 Å². The normalized spacial score (nSPS) is 9.56. The van der Waals surface area contributed by atoms with Gasteiger partial charge in [0.25, 0.3) is 0 Å². The van der Waals surface area contributed by atoms with Crippen molar-refractivity contribution in [3.8, 4) is 0 Å². The number of hydrogen-bond acceptors (Lipinski definition) is 6. The maximum absolute atomic E-state index is 9.82. The molecule has 6 nitrogen and oxygen atoms in total. The molecule has 0 amide bonds. The molecule has 7 heteroatoms. The summed E-state index contributed by atoms with van der Waals surface area (Å²) in [7, 11) is 0. The van der Waals surface area contributed by atoms with Crippen LogP contribution in [0.15, 0.2) is 48.4 Å². The van der Waals surface area contributed by atoms with E-state index < -0.39 is 4.92 Å². The zero-order valence-electron chi connectivity index (χ0n) is 9.13. The number of benzene rings is 1. The molecule has 0 saturated carbocycles. The van der Waals surface area contributed by atoms with Gasteiger partial charge in [-0.1, -0.05) is 18.2 Å². The van der Waals surface area contributed by atoms with Gasteiger partial charge in [-0.2, -0.15) is 0 Å². The second-order valence-electron chi connectivity index (χ2n) is 3.15. The van der Waals surface area contributed by atoms with E-state index in [9.17, 15) is 10.1 Å². The van der Waals surface area contributed by atoms with Gasteiger partial charge >= 0.3 is 5.13 Å². The predicted octanol–water partition coefficient (Wildman–Crippen LogP) is 2.68. The molecule has 0 unspecified atom stereocenters. The van der Waals surface area contributed by atoms with Gasteiger partial charge in [0, 0.05) is 17.0 Å². The Labute approximate surface area is 106 Å². The minimum absolute atomic E-state index is 0.0509. The molecule has 0 spiro atoms. The third-order valence-corrected chi connectivity index (χ3v) is 2.71. The highest BCUT2D eigenvalue weighted by Gasteiger charge is 2.04. The number of thiazole rings is 1. The van der Waals surface area contributed by atoms with Crippen molar-refractivity contribution in [3.05, 3.63) is 58.5 Å². The van der Waals surface area contributed by atoms with Gasteiger partial charge in [-0.3, -0.25) is 0 Å². The van der Waals surface area contributed by atoms with Gasteiger partial charge in [0.2, 0.25) is 0 Å². The molecule has 0 atom stereocenters. The van der Waals surface area contributed by atoms with Crippen molar-refractivity contribution in [2.75, 3.05) is 0 Å². The summed E-state index contributed by atoms with van der Waals surface area (Å²) in [4.78, 5) is 20.7. The third kappa shape index (κ3) is 3.05. The topological polar surface area (TPSA) is 81.8 Å². The van der Waals surface area contributed by atoms with Gasteiger partial charge in [-0.05, 0) is 27.3 Å². The van der Waals surface area contributed by atoms with Crippen molar-refractivity contribution in [2.45, 2.75) is 0 Å². The molecule has 0 N–H and O–H groups in total. The number of hydrogen-bond donors (Lipinski definition) is 0. The van der Waals surface area contributed by atoms with Crippen molar-refractivity contribution in [3.63, 3.8) is 0 Å². The molecule has 3 rings (SSSR count). The molecule has 2 aromatic heterocycles. The molecule has 3 aromatic rings. The monoisotopic (exact) mass is 260 g/mol. The number of aromatic nitrogens is 3. The molecule has 0 aliphatic carbocycles. The first-order chi connectivity index (χ1) is 8.77. The van der Waals surface area contributed by atoms with Gasteiger partial charge in [-0.25, -0.2) is 9.97 Å². The molecule has 0 radical (unpaired) electrons. The van der Waals surface area contributed by atoms with E-state index in [1.54, 1.807) is 11.7 Å². The summed E-state index contributed by atoms with van der Waals surface area (Å²) in [6.45, 7) is 0. The summed E-state index contributed by atoms with van der Waals surface area (Å²) < 4.78 is 0. The molecule has 90 valence electrons. The van der Waals surface area contributed by atoms with E-state index in [1.807, 2.05) is 30.5 Å². The highest BCUT2D eigenvalue weighted by atomic mass is 32.1. The van der Waals surface area contributed by atoms with Crippen LogP contribution < -0.4 is 0 Å². The highest BCUT2D eigenvalue weighted by molar-refractivity contribution is 7.12. The second-order valence-corrected chi connectivity index (χ2v) is 4.03. The lowest BCUT2D eigenvalue weighted by Gasteiger charge is -1.90. The van der Waals surface area contributed by atoms with Crippen LogP contribution >= 0.6 is 11.3 Å². The summed E-state index contributed by atoms with van der Waals surface area (Å²) in [5.41, 5.74) is 0.998. The van der Waals surface area contributed by atoms with Gasteiger partial charge in [-0.15, -0.1) is 0 Å². The lowest BCUT2D eigenvalue weighted by atomic mass is 10.2. The number of fused-ring (bicyclic) bond motifs is 1. The first-order valence-corrected chi connectivity index (χ1v) is 5.84. The van der Waals surface area contributed by atoms with Crippen molar-refractivity contribution < 1.29 is 4.92 Å². The lowest BCUT2D eigenvalue weighted by molar-refractivity contribution is -0.384. The number of para-hydroxylation sites is 1. The van der Waals surface area contributed by atoms with Crippen LogP contribution in [0.1, 0.15) is 0 Å². The first-order valence-electron chi connectivity index (χ1n) is 4.96. The van der Waals surface area contributed by atoms with Crippen LogP contribution in [0.25, 0.3) is 10.9 Å². The fraction of sp³-hybridized carbons (Fsp3) is 0. The Morgan fingerprint density at radius 2 is 2.06 bits per heavy atom. The van der Waals surface area contributed by atoms with Crippen LogP contribution in [0.3, 0.4) is 0 Å². The Bertz CT molecular complexity index is 577. The summed E-state index contributed by atoms with van der Waals surface area (Å²) in [5.74, 6) is 0. The zero-order valence-corrected chi connectivity index (χ0v) is 9.95. The zero-order chi connectivity index (χ0) is 12.8. The van der Waals surface area contributed by atoms with Gasteiger partial charge in [0.15, 0.2) is 6.20 Å². The molecule has 0 fully saturated rings. The van der Waals surface area contributed by atoms with Crippen molar-refractivity contribution in [2.24, 2.45) is 0 Å². The SMILES string of the molecule is O=[N+]([O-])c1nccs1.c1ccc2ncncc2c1. The fourth-order valence-corrected chi connectivity index (χ4v) is 1.68. The maximum Gasteiger partial charge on any atom is 0.423 e. The molecule has 0 aliphatic rings.